The summed E-state index contributed by atoms with van der Waals surface area (Å²) in [7, 11) is -3.43. The first-order valence-electron chi connectivity index (χ1n) is 8.30. The molecule has 0 radical (unpaired) electrons. The Kier molecular flexibility index (Phi) is 7.43. The molecule has 1 heterocycles. The zero-order valence-electron chi connectivity index (χ0n) is 16.0. The van der Waals surface area contributed by atoms with Crippen molar-refractivity contribution in [2.24, 2.45) is 0 Å². The molecule has 32 heavy (non-hydrogen) atoms. The highest BCUT2D eigenvalue weighted by atomic mass is 32.2. The largest absolute Gasteiger partial charge is 0.484 e. The number of carbonyl (C=O) groups is 1. The van der Waals surface area contributed by atoms with Crippen LogP contribution in [0.4, 0.5) is 32.0 Å². The molecule has 1 aromatic heterocycles. The second-order valence-electron chi connectivity index (χ2n) is 5.98. The lowest BCUT2D eigenvalue weighted by Crippen LogP contribution is -2.21. The zero-order chi connectivity index (χ0) is 24.2. The van der Waals surface area contributed by atoms with Gasteiger partial charge in [-0.3, -0.25) is 4.72 Å². The maximum absolute atomic E-state index is 12.6. The lowest BCUT2D eigenvalue weighted by Gasteiger charge is -2.15. The molecule has 0 amide bonds. The highest BCUT2D eigenvalue weighted by molar-refractivity contribution is 7.92. The van der Waals surface area contributed by atoms with E-state index < -0.39 is 58.0 Å². The van der Waals surface area contributed by atoms with Crippen molar-refractivity contribution in [2.75, 3.05) is 25.0 Å². The number of alkyl halides is 6. The quantitative estimate of drug-likeness (QED) is 0.448. The van der Waals surface area contributed by atoms with E-state index in [4.69, 9.17) is 0 Å². The Morgan fingerprint density at radius 1 is 0.969 bits per heavy atom. The van der Waals surface area contributed by atoms with Gasteiger partial charge in [0.2, 0.25) is 0 Å². The lowest BCUT2D eigenvalue weighted by atomic mass is 10.3. The van der Waals surface area contributed by atoms with Crippen molar-refractivity contribution in [3.05, 3.63) is 42.2 Å². The molecule has 176 valence electrons. The standard InChI is InChI=1S/C17H14F6N2O6S/c1-29-15(26)14-3-2-10(7-24-14)25-32(27,28)13-5-11(30-8-16(18,19)20)4-12(6-13)31-9-17(21,22)23/h2-7,25H,8-9H2,1H3. The number of halogens is 6. The molecule has 0 spiro atoms. The van der Waals surface area contributed by atoms with Crippen LogP contribution in [0.2, 0.25) is 0 Å². The third-order valence-electron chi connectivity index (χ3n) is 3.38. The summed E-state index contributed by atoms with van der Waals surface area (Å²) in [5.74, 6) is -2.18. The fourth-order valence-corrected chi connectivity index (χ4v) is 3.18. The van der Waals surface area contributed by atoms with Gasteiger partial charge in [0.15, 0.2) is 13.2 Å². The normalized spacial score (nSPS) is 12.2. The maximum atomic E-state index is 12.6. The summed E-state index contributed by atoms with van der Waals surface area (Å²) in [6.07, 6.45) is -8.62. The summed E-state index contributed by atoms with van der Waals surface area (Å²) in [6.45, 7) is -3.64. The summed E-state index contributed by atoms with van der Waals surface area (Å²) in [4.78, 5) is 14.3. The van der Waals surface area contributed by atoms with Gasteiger partial charge in [0.1, 0.15) is 17.2 Å². The minimum Gasteiger partial charge on any atom is -0.484 e. The predicted octanol–water partition coefficient (Wildman–Crippen LogP) is 3.55. The number of nitrogens with one attached hydrogen (secondary N) is 1. The molecular weight excluding hydrogens is 474 g/mol. The number of rotatable bonds is 8. The van der Waals surface area contributed by atoms with Gasteiger partial charge in [0.25, 0.3) is 10.0 Å². The van der Waals surface area contributed by atoms with Gasteiger partial charge in [-0.05, 0) is 12.1 Å². The molecule has 0 unspecified atom stereocenters. The number of aromatic nitrogens is 1. The van der Waals surface area contributed by atoms with Crippen LogP contribution in [-0.2, 0) is 14.8 Å². The van der Waals surface area contributed by atoms with Crippen LogP contribution in [0.15, 0.2) is 41.4 Å². The number of methoxy groups -OCH3 is 1. The zero-order valence-corrected chi connectivity index (χ0v) is 16.8. The second-order valence-corrected chi connectivity index (χ2v) is 7.66. The molecule has 0 saturated carbocycles. The summed E-state index contributed by atoms with van der Waals surface area (Å²) in [5, 5.41) is 0. The number of anilines is 1. The van der Waals surface area contributed by atoms with Gasteiger partial charge >= 0.3 is 18.3 Å². The number of esters is 1. The molecule has 0 aliphatic rings. The van der Waals surface area contributed by atoms with Crippen molar-refractivity contribution in [2.45, 2.75) is 17.2 Å². The van der Waals surface area contributed by atoms with Gasteiger partial charge in [-0.15, -0.1) is 0 Å². The first-order chi connectivity index (χ1) is 14.7. The minimum atomic E-state index is -4.78. The van der Waals surface area contributed by atoms with Crippen molar-refractivity contribution >= 4 is 21.7 Å². The molecule has 0 atom stereocenters. The summed E-state index contributed by atoms with van der Waals surface area (Å²) >= 11 is 0. The van der Waals surface area contributed by atoms with Crippen LogP contribution in [0, 0.1) is 0 Å². The summed E-state index contributed by atoms with van der Waals surface area (Å²) in [5.41, 5.74) is -0.294. The molecule has 2 aromatic rings. The minimum absolute atomic E-state index is 0.138. The third kappa shape index (κ3) is 7.79. The van der Waals surface area contributed by atoms with Crippen LogP contribution >= 0.6 is 0 Å². The van der Waals surface area contributed by atoms with Crippen molar-refractivity contribution in [1.29, 1.82) is 0 Å². The Balaban J connectivity index is 2.33. The summed E-state index contributed by atoms with van der Waals surface area (Å²) < 4.78 is 115. The monoisotopic (exact) mass is 488 g/mol. The number of sulfonamides is 1. The average Bonchev–Trinajstić information content (AvgIpc) is 2.69. The molecule has 0 fully saturated rings. The van der Waals surface area contributed by atoms with Crippen LogP contribution in [0.5, 0.6) is 11.5 Å². The molecule has 1 N–H and O–H groups in total. The van der Waals surface area contributed by atoms with E-state index in [1.807, 2.05) is 4.72 Å². The number of nitrogens with zero attached hydrogens (tertiary/aromatic N) is 1. The maximum Gasteiger partial charge on any atom is 0.422 e. The van der Waals surface area contributed by atoms with E-state index in [0.29, 0.717) is 18.2 Å². The van der Waals surface area contributed by atoms with Crippen LogP contribution in [0.1, 0.15) is 10.5 Å². The van der Waals surface area contributed by atoms with Gasteiger partial charge in [0, 0.05) is 18.2 Å². The Hall–Kier alpha value is -3.23. The lowest BCUT2D eigenvalue weighted by molar-refractivity contribution is -0.153. The molecule has 1 aromatic carbocycles. The highest BCUT2D eigenvalue weighted by Gasteiger charge is 2.30. The molecule has 2 rings (SSSR count). The predicted molar refractivity (Wildman–Crippen MR) is 95.9 cm³/mol. The topological polar surface area (TPSA) is 104 Å². The van der Waals surface area contributed by atoms with E-state index in [9.17, 15) is 39.6 Å². The number of pyridine rings is 1. The Morgan fingerprint density at radius 2 is 1.50 bits per heavy atom. The van der Waals surface area contributed by atoms with Crippen LogP contribution in [0.25, 0.3) is 0 Å². The van der Waals surface area contributed by atoms with Gasteiger partial charge in [-0.25, -0.2) is 18.2 Å². The van der Waals surface area contributed by atoms with Gasteiger partial charge in [-0.2, -0.15) is 26.3 Å². The van der Waals surface area contributed by atoms with E-state index in [1.165, 1.54) is 0 Å². The van der Waals surface area contributed by atoms with E-state index in [0.717, 1.165) is 25.4 Å². The molecular formula is C17H14F6N2O6S. The number of hydrogen-bond donors (Lipinski definition) is 1. The number of benzene rings is 1. The van der Waals surface area contributed by atoms with Gasteiger partial charge in [-0.1, -0.05) is 0 Å². The van der Waals surface area contributed by atoms with Crippen molar-refractivity contribution in [3.63, 3.8) is 0 Å². The number of carbonyl (C=O) groups excluding carboxylic acids is 1. The average molecular weight is 488 g/mol. The Bertz CT molecular complexity index is 1020. The van der Waals surface area contributed by atoms with E-state index in [1.54, 1.807) is 0 Å². The van der Waals surface area contributed by atoms with Crippen molar-refractivity contribution in [3.8, 4) is 11.5 Å². The van der Waals surface area contributed by atoms with E-state index >= 15 is 0 Å². The van der Waals surface area contributed by atoms with Crippen molar-refractivity contribution < 1.29 is 53.8 Å². The van der Waals surface area contributed by atoms with E-state index in [-0.39, 0.29) is 11.4 Å². The first kappa shape index (κ1) is 25.0. The fraction of sp³-hybridized carbons (Fsp3) is 0.294. The van der Waals surface area contributed by atoms with Gasteiger partial charge < -0.3 is 14.2 Å². The number of ether oxygens (including phenoxy) is 3. The third-order valence-corrected chi connectivity index (χ3v) is 4.74. The Morgan fingerprint density at radius 3 is 1.91 bits per heavy atom. The van der Waals surface area contributed by atoms with Crippen LogP contribution in [-0.4, -0.2) is 52.0 Å². The smallest absolute Gasteiger partial charge is 0.422 e. The molecule has 15 heteroatoms. The van der Waals surface area contributed by atoms with Crippen LogP contribution in [0.3, 0.4) is 0 Å². The first-order valence-corrected chi connectivity index (χ1v) is 9.78. The van der Waals surface area contributed by atoms with Crippen molar-refractivity contribution in [1.82, 2.24) is 4.98 Å². The van der Waals surface area contributed by atoms with E-state index in [2.05, 4.69) is 19.2 Å². The molecule has 0 aliphatic heterocycles. The molecule has 0 aliphatic carbocycles. The fourth-order valence-electron chi connectivity index (χ4n) is 2.09. The molecule has 0 bridgehead atoms. The SMILES string of the molecule is COC(=O)c1ccc(NS(=O)(=O)c2cc(OCC(F)(F)F)cc(OCC(F)(F)F)c2)cn1. The summed E-state index contributed by atoms with van der Waals surface area (Å²) in [6, 6.07) is 4.30. The molecule has 0 saturated heterocycles. The van der Waals surface area contributed by atoms with Gasteiger partial charge in [0.05, 0.1) is 23.9 Å². The number of hydrogen-bond acceptors (Lipinski definition) is 7. The van der Waals surface area contributed by atoms with Crippen LogP contribution < -0.4 is 14.2 Å². The highest BCUT2D eigenvalue weighted by Crippen LogP contribution is 2.30. The second kappa shape index (κ2) is 9.50. The molecule has 8 nitrogen and oxygen atoms in total. The Labute approximate surface area is 177 Å².